The summed E-state index contributed by atoms with van der Waals surface area (Å²) in [6, 6.07) is 41.7. The van der Waals surface area contributed by atoms with Crippen LogP contribution in [0.4, 0.5) is 17.1 Å². The molecule has 5 N–H and O–H groups in total. The first kappa shape index (κ1) is 93.2. The van der Waals surface area contributed by atoms with Crippen LogP contribution in [0.25, 0.3) is 21.8 Å². The van der Waals surface area contributed by atoms with Gasteiger partial charge in [-0.25, -0.2) is 28.8 Å². The van der Waals surface area contributed by atoms with Crippen molar-refractivity contribution in [3.8, 4) is 0 Å². The van der Waals surface area contributed by atoms with E-state index in [-0.39, 0.29) is 122 Å². The number of fused-ring (bicyclic) bond motifs is 2. The zero-order valence-corrected chi connectivity index (χ0v) is 64.4. The zero-order chi connectivity index (χ0) is 72.7. The van der Waals surface area contributed by atoms with Crippen molar-refractivity contribution in [3.63, 3.8) is 0 Å². The number of carbonyl (C=O) groups excluding carboxylic acids is 7. The van der Waals surface area contributed by atoms with Gasteiger partial charge >= 0.3 is 77.3 Å². The predicted octanol–water partition coefficient (Wildman–Crippen LogP) is 10.8. The van der Waals surface area contributed by atoms with Crippen molar-refractivity contribution in [2.24, 2.45) is 4.99 Å². The van der Waals surface area contributed by atoms with Crippen molar-refractivity contribution < 1.29 is 106 Å². The number of ether oxygens (including phenoxy) is 7. The van der Waals surface area contributed by atoms with Crippen molar-refractivity contribution in [2.45, 2.75) is 72.4 Å². The summed E-state index contributed by atoms with van der Waals surface area (Å²) in [5, 5.41) is 19.4. The number of thiocarbonyl (C=S) groups is 1. The number of aliphatic imine (C=N–C) groups is 1. The van der Waals surface area contributed by atoms with Crippen LogP contribution in [-0.2, 0) is 74.6 Å². The second-order valence-electron chi connectivity index (χ2n) is 17.6. The number of carboxylic acids is 1. The van der Waals surface area contributed by atoms with Gasteiger partial charge < -0.3 is 71.5 Å². The third-order valence-electron chi connectivity index (χ3n) is 11.3. The molecular weight excluding hydrogens is 1500 g/mol. The van der Waals surface area contributed by atoms with Gasteiger partial charge in [-0.15, -0.1) is 35.3 Å². The summed E-state index contributed by atoms with van der Waals surface area (Å²) < 4.78 is 33.5. The van der Waals surface area contributed by atoms with Crippen LogP contribution in [-0.4, -0.2) is 138 Å². The molecule has 99 heavy (non-hydrogen) atoms. The Kier molecular flexibility index (Phi) is 51.8. The van der Waals surface area contributed by atoms with Gasteiger partial charge in [0, 0.05) is 22.1 Å². The Hall–Kier alpha value is -7.84. The number of pyridine rings is 2. The number of aromatic amines is 2. The number of aromatic nitrogens is 2. The molecule has 0 bridgehead atoms. The predicted molar refractivity (Wildman–Crippen MR) is 403 cm³/mol. The Morgan fingerprint density at radius 1 is 0.515 bits per heavy atom. The van der Waals surface area contributed by atoms with Crippen molar-refractivity contribution in [1.82, 2.24) is 9.97 Å². The van der Waals surface area contributed by atoms with E-state index in [9.17, 15) is 47.9 Å². The molecule has 0 fully saturated rings. The van der Waals surface area contributed by atoms with Gasteiger partial charge in [-0.1, -0.05) is 114 Å². The van der Waals surface area contributed by atoms with Crippen molar-refractivity contribution >= 4 is 175 Å². The first-order valence-corrected chi connectivity index (χ1v) is 36.0. The summed E-state index contributed by atoms with van der Waals surface area (Å²) in [6.45, 7) is 13.2. The molecule has 7 rings (SSSR count). The van der Waals surface area contributed by atoms with Gasteiger partial charge in [-0.2, -0.15) is 4.99 Å². The van der Waals surface area contributed by atoms with Crippen LogP contribution in [0.3, 0.4) is 0 Å². The van der Waals surface area contributed by atoms with Gasteiger partial charge in [-0.3, -0.25) is 19.2 Å². The van der Waals surface area contributed by atoms with Gasteiger partial charge in [0.2, 0.25) is 10.9 Å². The second kappa shape index (κ2) is 55.0. The van der Waals surface area contributed by atoms with Crippen molar-refractivity contribution in [2.75, 3.05) is 80.6 Å². The van der Waals surface area contributed by atoms with E-state index >= 15 is 0 Å². The summed E-state index contributed by atoms with van der Waals surface area (Å²) in [5.74, 6) is -5.81. The number of aromatic carboxylic acids is 1. The number of rotatable bonds is 23. The number of hydrogen-bond acceptors (Lipinski definition) is 25. The molecule has 0 amide bonds. The van der Waals surface area contributed by atoms with Crippen LogP contribution < -0.4 is 51.0 Å². The van der Waals surface area contributed by atoms with Crippen LogP contribution in [0, 0.1) is 0 Å². The number of carbonyl (C=O) groups is 8. The number of alkyl halides is 1. The van der Waals surface area contributed by atoms with E-state index < -0.39 is 53.2 Å². The summed E-state index contributed by atoms with van der Waals surface area (Å²) in [7, 11) is 0. The van der Waals surface area contributed by atoms with Gasteiger partial charge in [0.25, 0.3) is 0 Å². The molecule has 5 aromatic carbocycles. The number of benzene rings is 5. The smallest absolute Gasteiger partial charge is 0.761 e. The molecule has 0 aliphatic carbocycles. The zero-order valence-electron chi connectivity index (χ0n) is 56.2. The quantitative estimate of drug-likeness (QED) is 0.00323. The maximum absolute atomic E-state index is 12.3. The third kappa shape index (κ3) is 33.7. The van der Waals surface area contributed by atoms with Crippen molar-refractivity contribution in [1.29, 1.82) is 0 Å². The molecule has 0 atom stereocenters. The van der Waals surface area contributed by atoms with Crippen LogP contribution in [0.1, 0.15) is 83.0 Å². The normalized spacial score (nSPS) is 9.37. The molecule has 0 aliphatic rings. The molecule has 0 aliphatic heterocycles. The van der Waals surface area contributed by atoms with E-state index in [0.717, 1.165) is 16.9 Å². The fourth-order valence-corrected chi connectivity index (χ4v) is 9.51. The van der Waals surface area contributed by atoms with Gasteiger partial charge in [0.15, 0.2) is 5.57 Å². The fourth-order valence-electron chi connectivity index (χ4n) is 7.35. The minimum Gasteiger partial charge on any atom is -0.761 e. The number of carboxylic acid groups (broad SMARTS) is 1. The second-order valence-corrected chi connectivity index (χ2v) is 20.7. The van der Waals surface area contributed by atoms with E-state index in [1.807, 2.05) is 90.0 Å². The molecule has 0 unspecified atom stereocenters. The van der Waals surface area contributed by atoms with Crippen LogP contribution in [0.5, 0.6) is 0 Å². The number of H-pyrrole nitrogens is 2. The monoisotopic (exact) mass is 1580 g/mol. The summed E-state index contributed by atoms with van der Waals surface area (Å²) >= 11 is 15.4. The molecule has 0 spiro atoms. The van der Waals surface area contributed by atoms with E-state index in [1.54, 1.807) is 122 Å². The number of nitrogens with zero attached hydrogens (tertiary/aromatic N) is 1. The van der Waals surface area contributed by atoms with Gasteiger partial charge in [-0.05, 0) is 145 Å². The Balaban J connectivity index is 0. The Morgan fingerprint density at radius 2 is 0.859 bits per heavy atom. The molecule has 0 saturated carbocycles. The molecular formula is C69H81IN5NaO18S5. The molecule has 0 saturated heterocycles. The minimum absolute atomic E-state index is 0. The maximum atomic E-state index is 12.3. The number of thioether (sulfide) groups is 3. The summed E-state index contributed by atoms with van der Waals surface area (Å²) in [6.07, 6.45) is 5.01. The number of isothiocyanates is 1. The minimum atomic E-state index is -1.20. The SMILES string of the molecule is C.CCOC(=O)C(C(=O)OCC)=C(Nc1ccccc1)SC.CCOC(=O)C(C(=O)OCC)=C([S-])Nc1ccccc1.CCOC(=O)CC(=O)OCC.CCOC(=O)c1c(SC)[nH]c2ccccc2c1=O.CI.CSc1[nH]c2ccccc2c(=O)c1C(=O)O.S=C=Nc1ccccc1.[Na+]. The van der Waals surface area contributed by atoms with Crippen molar-refractivity contribution in [3.05, 3.63) is 192 Å². The first-order valence-electron chi connectivity index (χ1n) is 29.3. The van der Waals surface area contributed by atoms with E-state index in [2.05, 4.69) is 75.0 Å². The number of anilines is 2. The van der Waals surface area contributed by atoms with Crippen LogP contribution in [0.15, 0.2) is 185 Å². The fraction of sp³-hybridized carbons (Fsp3) is 0.290. The Bertz CT molecular complexity index is 3860. The number of halogens is 1. The van der Waals surface area contributed by atoms with Crippen LogP contribution >= 0.6 is 70.1 Å². The van der Waals surface area contributed by atoms with E-state index in [0.29, 0.717) is 37.1 Å². The number of para-hydroxylation sites is 5. The molecule has 7 aromatic rings. The maximum Gasteiger partial charge on any atom is 1.00 e. The van der Waals surface area contributed by atoms with Gasteiger partial charge in [0.05, 0.1) is 83.2 Å². The molecule has 0 radical (unpaired) electrons. The average Bonchev–Trinajstić information content (AvgIpc) is 0.794. The number of hydrogen-bond donors (Lipinski definition) is 5. The summed E-state index contributed by atoms with van der Waals surface area (Å²) in [5.41, 5.74) is 2.43. The van der Waals surface area contributed by atoms with Gasteiger partial charge in [0.1, 0.15) is 23.1 Å². The first-order chi connectivity index (χ1) is 46.7. The molecule has 23 nitrogen and oxygen atoms in total. The molecule has 30 heteroatoms. The molecule has 2 aromatic heterocycles. The Labute approximate surface area is 635 Å². The number of nitrogens with one attached hydrogen (secondary N) is 4. The summed E-state index contributed by atoms with van der Waals surface area (Å²) in [4.78, 5) is 128. The largest absolute Gasteiger partial charge is 1.00 e. The third-order valence-corrected chi connectivity index (χ3v) is 13.9. The van der Waals surface area contributed by atoms with E-state index in [4.69, 9.17) is 41.4 Å². The molecule has 2 heterocycles. The topological polar surface area (TPSA) is 324 Å². The standard InChI is InChI=1S/C15H19NO4S.C14H17NO4S.C13H13NO3S.C11H9NO3S.C7H5NS.C7H12O4.CH3I.CH4.Na/c1-4-19-14(17)12(15(18)20-5-2)13(21-3)16-11-9-7-6-8-10-11;1-3-18-13(16)11(14(17)19-4-2)12(20)15-10-8-6-5-7-9-10;1-3-17-13(16)10-11(15)8-6-4-5-7-9(8)14-12(10)18-2;1-16-10-8(11(14)15)9(13)6-4-2-3-5-7(6)12-10;9-6-8-7-4-2-1-3-5-7;1-3-10-6(8)5-7(9)11-4-2;1-2;;/h6-10,16H,4-5H2,1-3H3;5-9,15,20H,3-4H2,1-2H3;4-7H,3H2,1-2H3,(H,14,15);2-5H,1H3,(H,12,13)(H,14,15);1-5H;3-5H2,1-2H3;1H3;1H4;/q;;;;;;;;+1/p-1. The Morgan fingerprint density at radius 3 is 1.22 bits per heavy atom. The van der Waals surface area contributed by atoms with E-state index in [1.165, 1.54) is 35.3 Å². The van der Waals surface area contributed by atoms with Crippen LogP contribution in [0.2, 0.25) is 0 Å². The molecule has 528 valence electrons. The number of esters is 7. The average molecular weight is 1580 g/mol.